The van der Waals surface area contributed by atoms with Crippen LogP contribution in [0.15, 0.2) is 10.5 Å². The first-order valence-corrected chi connectivity index (χ1v) is 7.47. The highest BCUT2D eigenvalue weighted by Crippen LogP contribution is 2.28. The summed E-state index contributed by atoms with van der Waals surface area (Å²) >= 11 is 3.65. The minimum atomic E-state index is -0.00897. The van der Waals surface area contributed by atoms with Gasteiger partial charge in [-0.2, -0.15) is 0 Å². The van der Waals surface area contributed by atoms with E-state index in [9.17, 15) is 4.79 Å². The lowest BCUT2D eigenvalue weighted by Gasteiger charge is -2.25. The van der Waals surface area contributed by atoms with Crippen LogP contribution in [0.2, 0.25) is 0 Å². The van der Waals surface area contributed by atoms with E-state index >= 15 is 0 Å². The van der Waals surface area contributed by atoms with Crippen molar-refractivity contribution in [2.24, 2.45) is 5.92 Å². The molecular formula is C14H20BrNO2. The van der Waals surface area contributed by atoms with E-state index in [2.05, 4.69) is 21.2 Å². The summed E-state index contributed by atoms with van der Waals surface area (Å²) in [5, 5.41) is 3.02. The number of carbonyl (C=O) groups excluding carboxylic acids is 1. The lowest BCUT2D eigenvalue weighted by atomic mass is 9.89. The predicted molar refractivity (Wildman–Crippen MR) is 75.2 cm³/mol. The molecule has 1 amide bonds. The van der Waals surface area contributed by atoms with E-state index in [-0.39, 0.29) is 5.91 Å². The van der Waals surface area contributed by atoms with Crippen LogP contribution >= 0.6 is 15.9 Å². The van der Waals surface area contributed by atoms with Gasteiger partial charge >= 0.3 is 0 Å². The van der Waals surface area contributed by atoms with Crippen LogP contribution in [-0.4, -0.2) is 17.3 Å². The van der Waals surface area contributed by atoms with Gasteiger partial charge in [-0.3, -0.25) is 4.79 Å². The molecular weight excluding hydrogens is 294 g/mol. The first kappa shape index (κ1) is 13.7. The maximum absolute atomic E-state index is 12.0. The number of furan rings is 1. The summed E-state index contributed by atoms with van der Waals surface area (Å²) in [6.07, 6.45) is 4.81. The van der Waals surface area contributed by atoms with Gasteiger partial charge in [-0.15, -0.1) is 0 Å². The largest absolute Gasteiger partial charge is 0.466 e. The summed E-state index contributed by atoms with van der Waals surface area (Å²) in [4.78, 5) is 12.7. The monoisotopic (exact) mass is 313 g/mol. The summed E-state index contributed by atoms with van der Waals surface area (Å²) in [5.41, 5.74) is 0.668. The molecule has 0 radical (unpaired) electrons. The molecule has 18 heavy (non-hydrogen) atoms. The van der Waals surface area contributed by atoms with Crippen LogP contribution in [0.25, 0.3) is 0 Å². The zero-order valence-corrected chi connectivity index (χ0v) is 12.5. The Balaban J connectivity index is 1.83. The van der Waals surface area contributed by atoms with Crippen molar-refractivity contribution in [3.05, 3.63) is 23.2 Å². The molecule has 1 N–H and O–H groups in total. The molecule has 0 bridgehead atoms. The molecule has 1 aliphatic carbocycles. The summed E-state index contributed by atoms with van der Waals surface area (Å²) < 4.78 is 5.37. The van der Waals surface area contributed by atoms with Gasteiger partial charge < -0.3 is 9.73 Å². The number of amides is 1. The standard InChI is InChI=1S/C14H20BrNO2/c1-9-7-13(10(2)18-9)14(17)16-8-11-3-5-12(15)6-4-11/h7,11-12H,3-6,8H2,1-2H3,(H,16,17). The molecule has 1 fully saturated rings. The Labute approximate surface area is 116 Å². The van der Waals surface area contributed by atoms with Gasteiger partial charge in [0.2, 0.25) is 0 Å². The molecule has 1 aromatic heterocycles. The maximum atomic E-state index is 12.0. The quantitative estimate of drug-likeness (QED) is 0.867. The van der Waals surface area contributed by atoms with E-state index in [0.717, 1.165) is 12.3 Å². The molecule has 0 aromatic carbocycles. The Hall–Kier alpha value is -0.770. The van der Waals surface area contributed by atoms with Gasteiger partial charge in [-0.1, -0.05) is 15.9 Å². The van der Waals surface area contributed by atoms with E-state index < -0.39 is 0 Å². The number of hydrogen-bond donors (Lipinski definition) is 1. The predicted octanol–water partition coefficient (Wildman–Crippen LogP) is 3.58. The van der Waals surface area contributed by atoms with Gasteiger partial charge in [0.05, 0.1) is 5.56 Å². The molecule has 3 nitrogen and oxygen atoms in total. The van der Waals surface area contributed by atoms with Gasteiger partial charge in [0.15, 0.2) is 0 Å². The van der Waals surface area contributed by atoms with Crippen molar-refractivity contribution in [2.75, 3.05) is 6.54 Å². The Bertz CT molecular complexity index is 419. The number of hydrogen-bond acceptors (Lipinski definition) is 2. The van der Waals surface area contributed by atoms with Gasteiger partial charge in [-0.25, -0.2) is 0 Å². The molecule has 1 aromatic rings. The molecule has 1 heterocycles. The number of aryl methyl sites for hydroxylation is 2. The minimum Gasteiger partial charge on any atom is -0.466 e. The lowest BCUT2D eigenvalue weighted by Crippen LogP contribution is -2.31. The van der Waals surface area contributed by atoms with Gasteiger partial charge in [0.1, 0.15) is 11.5 Å². The zero-order valence-electron chi connectivity index (χ0n) is 11.0. The summed E-state index contributed by atoms with van der Waals surface area (Å²) in [6.45, 7) is 4.47. The SMILES string of the molecule is Cc1cc(C(=O)NCC2CCC(Br)CC2)c(C)o1. The third kappa shape index (κ3) is 3.37. The first-order valence-electron chi connectivity index (χ1n) is 6.55. The van der Waals surface area contributed by atoms with E-state index in [0.29, 0.717) is 22.1 Å². The minimum absolute atomic E-state index is 0.00897. The number of alkyl halides is 1. The van der Waals surface area contributed by atoms with Crippen LogP contribution in [0.4, 0.5) is 0 Å². The van der Waals surface area contributed by atoms with Crippen LogP contribution in [0.5, 0.6) is 0 Å². The summed E-state index contributed by atoms with van der Waals surface area (Å²) in [7, 11) is 0. The Morgan fingerprint density at radius 3 is 2.61 bits per heavy atom. The van der Waals surface area contributed by atoms with Crippen molar-refractivity contribution in [3.8, 4) is 0 Å². The average Bonchev–Trinajstić information content (AvgIpc) is 2.67. The van der Waals surface area contributed by atoms with E-state index in [1.807, 2.05) is 13.8 Å². The van der Waals surface area contributed by atoms with E-state index in [1.165, 1.54) is 25.7 Å². The molecule has 0 unspecified atom stereocenters. The fraction of sp³-hybridized carbons (Fsp3) is 0.643. The molecule has 0 saturated heterocycles. The summed E-state index contributed by atoms with van der Waals surface area (Å²) in [6, 6.07) is 1.81. The molecule has 1 aliphatic rings. The Morgan fingerprint density at radius 2 is 2.06 bits per heavy atom. The van der Waals surface area contributed by atoms with Crippen LogP contribution < -0.4 is 5.32 Å². The van der Waals surface area contributed by atoms with Crippen molar-refractivity contribution >= 4 is 21.8 Å². The molecule has 0 atom stereocenters. The van der Waals surface area contributed by atoms with Gasteiger partial charge in [-0.05, 0) is 51.5 Å². The fourth-order valence-corrected chi connectivity index (χ4v) is 3.04. The fourth-order valence-electron chi connectivity index (χ4n) is 2.51. The number of carbonyl (C=O) groups is 1. The number of rotatable bonds is 3. The molecule has 0 aliphatic heterocycles. The van der Waals surface area contributed by atoms with Gasteiger partial charge in [0.25, 0.3) is 5.91 Å². The normalized spacial score (nSPS) is 23.9. The Kier molecular flexibility index (Phi) is 4.49. The Morgan fingerprint density at radius 1 is 1.39 bits per heavy atom. The molecule has 0 spiro atoms. The highest BCUT2D eigenvalue weighted by molar-refractivity contribution is 9.09. The highest BCUT2D eigenvalue weighted by Gasteiger charge is 2.20. The second kappa shape index (κ2) is 5.91. The van der Waals surface area contributed by atoms with Crippen LogP contribution in [-0.2, 0) is 0 Å². The molecule has 4 heteroatoms. The molecule has 1 saturated carbocycles. The second-order valence-corrected chi connectivity index (χ2v) is 6.45. The maximum Gasteiger partial charge on any atom is 0.254 e. The van der Waals surface area contributed by atoms with Crippen molar-refractivity contribution in [3.63, 3.8) is 0 Å². The zero-order chi connectivity index (χ0) is 13.1. The van der Waals surface area contributed by atoms with Crippen molar-refractivity contribution in [1.82, 2.24) is 5.32 Å². The second-order valence-electron chi connectivity index (χ2n) is 5.15. The lowest BCUT2D eigenvalue weighted by molar-refractivity contribution is 0.0942. The number of halogens is 1. The van der Waals surface area contributed by atoms with E-state index in [1.54, 1.807) is 6.07 Å². The third-order valence-electron chi connectivity index (χ3n) is 3.61. The van der Waals surface area contributed by atoms with Crippen molar-refractivity contribution in [1.29, 1.82) is 0 Å². The van der Waals surface area contributed by atoms with Crippen molar-refractivity contribution in [2.45, 2.75) is 44.4 Å². The number of nitrogens with one attached hydrogen (secondary N) is 1. The van der Waals surface area contributed by atoms with Crippen LogP contribution in [0.3, 0.4) is 0 Å². The highest BCUT2D eigenvalue weighted by atomic mass is 79.9. The first-order chi connectivity index (χ1) is 8.56. The van der Waals surface area contributed by atoms with E-state index in [4.69, 9.17) is 4.42 Å². The average molecular weight is 314 g/mol. The summed E-state index contributed by atoms with van der Waals surface area (Å²) in [5.74, 6) is 2.10. The van der Waals surface area contributed by atoms with Crippen LogP contribution in [0, 0.1) is 19.8 Å². The van der Waals surface area contributed by atoms with Crippen LogP contribution in [0.1, 0.15) is 47.6 Å². The topological polar surface area (TPSA) is 42.2 Å². The van der Waals surface area contributed by atoms with Gasteiger partial charge in [0, 0.05) is 11.4 Å². The third-order valence-corrected chi connectivity index (χ3v) is 4.53. The van der Waals surface area contributed by atoms with Crippen molar-refractivity contribution < 1.29 is 9.21 Å². The molecule has 100 valence electrons. The smallest absolute Gasteiger partial charge is 0.254 e. The molecule has 2 rings (SSSR count).